The second kappa shape index (κ2) is 6.00. The maximum atomic E-state index is 11.5. The van der Waals surface area contributed by atoms with Crippen molar-refractivity contribution in [3.8, 4) is 0 Å². The van der Waals surface area contributed by atoms with Crippen molar-refractivity contribution in [1.82, 2.24) is 0 Å². The normalized spacial score (nSPS) is 12.9. The third-order valence-electron chi connectivity index (χ3n) is 3.40. The van der Waals surface area contributed by atoms with E-state index in [1.165, 1.54) is 12.3 Å². The number of carbonyl (C=O) groups excluding carboxylic acids is 1. The van der Waals surface area contributed by atoms with Gasteiger partial charge in [0.05, 0.1) is 21.1 Å². The second-order valence-corrected chi connectivity index (χ2v) is 10.00. The van der Waals surface area contributed by atoms with E-state index >= 15 is 0 Å². The van der Waals surface area contributed by atoms with Crippen LogP contribution in [0.25, 0.3) is 0 Å². The number of methoxy groups -OCH3 is 1. The summed E-state index contributed by atoms with van der Waals surface area (Å²) in [5, 5.41) is 1.39. The fraction of sp³-hybridized carbons (Fsp3) is 0.400. The van der Waals surface area contributed by atoms with Crippen LogP contribution in [0.3, 0.4) is 0 Å². The molecular formula is C15H22O2Si. The van der Waals surface area contributed by atoms with Gasteiger partial charge in [-0.3, -0.25) is 4.79 Å². The summed E-state index contributed by atoms with van der Waals surface area (Å²) in [5.74, 6) is -0.390. The highest BCUT2D eigenvalue weighted by molar-refractivity contribution is 6.90. The zero-order valence-corrected chi connectivity index (χ0v) is 12.7. The largest absolute Gasteiger partial charge is 0.469 e. The van der Waals surface area contributed by atoms with E-state index in [-0.39, 0.29) is 11.9 Å². The van der Waals surface area contributed by atoms with E-state index in [9.17, 15) is 4.79 Å². The smallest absolute Gasteiger partial charge is 0.312 e. The molecule has 0 aliphatic heterocycles. The van der Waals surface area contributed by atoms with E-state index < -0.39 is 8.07 Å². The van der Waals surface area contributed by atoms with E-state index in [4.69, 9.17) is 4.74 Å². The zero-order chi connectivity index (χ0) is 13.8. The predicted octanol–water partition coefficient (Wildman–Crippen LogP) is 3.06. The minimum atomic E-state index is -1.41. The first-order valence-corrected chi connectivity index (χ1v) is 9.42. The Balaban J connectivity index is 2.92. The standard InChI is InChI=1S/C15H22O2Si/c1-6-11-18(4,5)14-9-7-13(8-10-14)12(2)15(16)17-3/h6-10,12H,1,11H2,2-5H3/t12-/m0/s1. The van der Waals surface area contributed by atoms with Crippen LogP contribution in [0.1, 0.15) is 18.4 Å². The average molecular weight is 262 g/mol. The quantitative estimate of drug-likeness (QED) is 0.463. The number of benzene rings is 1. The molecule has 0 aliphatic rings. The van der Waals surface area contributed by atoms with Crippen molar-refractivity contribution < 1.29 is 9.53 Å². The van der Waals surface area contributed by atoms with Gasteiger partial charge in [-0.2, -0.15) is 0 Å². The van der Waals surface area contributed by atoms with Crippen LogP contribution < -0.4 is 5.19 Å². The number of carbonyl (C=O) groups is 1. The number of rotatable bonds is 5. The van der Waals surface area contributed by atoms with E-state index in [2.05, 4.69) is 31.8 Å². The van der Waals surface area contributed by atoms with Gasteiger partial charge in [-0.05, 0) is 18.5 Å². The van der Waals surface area contributed by atoms with Gasteiger partial charge in [-0.25, -0.2) is 0 Å². The van der Waals surface area contributed by atoms with Gasteiger partial charge in [-0.15, -0.1) is 6.58 Å². The first kappa shape index (κ1) is 14.7. The Bertz CT molecular complexity index is 421. The topological polar surface area (TPSA) is 26.3 Å². The summed E-state index contributed by atoms with van der Waals surface area (Å²) in [4.78, 5) is 11.5. The Morgan fingerprint density at radius 2 is 1.94 bits per heavy atom. The minimum absolute atomic E-state index is 0.189. The Morgan fingerprint density at radius 1 is 1.39 bits per heavy atom. The van der Waals surface area contributed by atoms with Crippen LogP contribution >= 0.6 is 0 Å². The lowest BCUT2D eigenvalue weighted by Crippen LogP contribution is -2.40. The summed E-state index contributed by atoms with van der Waals surface area (Å²) in [6.45, 7) is 10.3. The molecule has 0 radical (unpaired) electrons. The van der Waals surface area contributed by atoms with Gasteiger partial charge in [0.15, 0.2) is 0 Å². The fourth-order valence-electron chi connectivity index (χ4n) is 2.01. The van der Waals surface area contributed by atoms with Crippen molar-refractivity contribution >= 4 is 19.2 Å². The molecular weight excluding hydrogens is 240 g/mol. The molecule has 0 amide bonds. The molecule has 2 nitrogen and oxygen atoms in total. The molecule has 0 spiro atoms. The molecule has 1 rings (SSSR count). The molecule has 0 unspecified atom stereocenters. The van der Waals surface area contributed by atoms with Gasteiger partial charge in [-0.1, -0.05) is 48.6 Å². The number of esters is 1. The Kier molecular flexibility index (Phi) is 4.90. The van der Waals surface area contributed by atoms with E-state index in [0.717, 1.165) is 11.6 Å². The minimum Gasteiger partial charge on any atom is -0.469 e. The lowest BCUT2D eigenvalue weighted by molar-refractivity contribution is -0.141. The van der Waals surface area contributed by atoms with Crippen LogP contribution in [0, 0.1) is 0 Å². The molecule has 0 N–H and O–H groups in total. The van der Waals surface area contributed by atoms with Crippen LogP contribution in [-0.4, -0.2) is 21.2 Å². The maximum absolute atomic E-state index is 11.5. The number of hydrogen-bond acceptors (Lipinski definition) is 2. The molecule has 0 fully saturated rings. The van der Waals surface area contributed by atoms with Crippen molar-refractivity contribution in [3.63, 3.8) is 0 Å². The van der Waals surface area contributed by atoms with Gasteiger partial charge >= 0.3 is 5.97 Å². The maximum Gasteiger partial charge on any atom is 0.312 e. The van der Waals surface area contributed by atoms with Crippen molar-refractivity contribution in [3.05, 3.63) is 42.5 Å². The van der Waals surface area contributed by atoms with Crippen LogP contribution in [0.5, 0.6) is 0 Å². The summed E-state index contributed by atoms with van der Waals surface area (Å²) in [6, 6.07) is 9.43. The summed E-state index contributed by atoms with van der Waals surface area (Å²) >= 11 is 0. The molecule has 0 saturated carbocycles. The molecule has 1 aromatic rings. The molecule has 0 aromatic heterocycles. The molecule has 0 heterocycles. The highest BCUT2D eigenvalue weighted by Crippen LogP contribution is 2.17. The highest BCUT2D eigenvalue weighted by atomic mass is 28.3. The van der Waals surface area contributed by atoms with Gasteiger partial charge in [0, 0.05) is 0 Å². The Labute approximate surface area is 111 Å². The van der Waals surface area contributed by atoms with Crippen molar-refractivity contribution in [2.24, 2.45) is 0 Å². The molecule has 0 bridgehead atoms. The first-order chi connectivity index (χ1) is 8.42. The van der Waals surface area contributed by atoms with Crippen molar-refractivity contribution in [2.75, 3.05) is 7.11 Å². The molecule has 3 heteroatoms. The Morgan fingerprint density at radius 3 is 2.39 bits per heavy atom. The molecule has 18 heavy (non-hydrogen) atoms. The number of ether oxygens (including phenoxy) is 1. The van der Waals surface area contributed by atoms with Crippen LogP contribution in [0.2, 0.25) is 19.1 Å². The molecule has 1 aromatic carbocycles. The lowest BCUT2D eigenvalue weighted by atomic mass is 10.0. The van der Waals surface area contributed by atoms with Gasteiger partial charge in [0.25, 0.3) is 0 Å². The summed E-state index contributed by atoms with van der Waals surface area (Å²) < 4.78 is 4.76. The van der Waals surface area contributed by atoms with Crippen LogP contribution in [0.4, 0.5) is 0 Å². The first-order valence-electron chi connectivity index (χ1n) is 6.21. The van der Waals surface area contributed by atoms with Crippen molar-refractivity contribution in [2.45, 2.75) is 32.0 Å². The average Bonchev–Trinajstić information content (AvgIpc) is 2.37. The molecule has 98 valence electrons. The summed E-state index contributed by atoms with van der Waals surface area (Å²) in [6.07, 6.45) is 2.00. The monoisotopic (exact) mass is 262 g/mol. The van der Waals surface area contributed by atoms with Gasteiger partial charge in [0.2, 0.25) is 0 Å². The molecule has 0 aliphatic carbocycles. The zero-order valence-electron chi connectivity index (χ0n) is 11.7. The number of allylic oxidation sites excluding steroid dienone is 1. The third-order valence-corrected chi connectivity index (χ3v) is 6.61. The van der Waals surface area contributed by atoms with Crippen LogP contribution in [-0.2, 0) is 9.53 Å². The molecule has 1 atom stereocenters. The van der Waals surface area contributed by atoms with E-state index in [0.29, 0.717) is 0 Å². The van der Waals surface area contributed by atoms with Gasteiger partial charge < -0.3 is 4.74 Å². The van der Waals surface area contributed by atoms with E-state index in [1.807, 2.05) is 25.1 Å². The predicted molar refractivity (Wildman–Crippen MR) is 79.0 cm³/mol. The Hall–Kier alpha value is -1.35. The van der Waals surface area contributed by atoms with E-state index in [1.54, 1.807) is 0 Å². The third kappa shape index (κ3) is 3.32. The SMILES string of the molecule is C=CC[Si](C)(C)c1ccc([C@H](C)C(=O)OC)cc1. The van der Waals surface area contributed by atoms with Crippen molar-refractivity contribution in [1.29, 1.82) is 0 Å². The second-order valence-electron chi connectivity index (χ2n) is 5.24. The summed E-state index contributed by atoms with van der Waals surface area (Å²) in [7, 11) is 0.0171. The highest BCUT2D eigenvalue weighted by Gasteiger charge is 2.22. The van der Waals surface area contributed by atoms with Crippen LogP contribution in [0.15, 0.2) is 36.9 Å². The summed E-state index contributed by atoms with van der Waals surface area (Å²) in [5.41, 5.74) is 1.01. The molecule has 0 saturated heterocycles. The number of hydrogen-bond donors (Lipinski definition) is 0. The fourth-order valence-corrected chi connectivity index (χ4v) is 4.04. The van der Waals surface area contributed by atoms with Gasteiger partial charge in [0.1, 0.15) is 0 Å². The lowest BCUT2D eigenvalue weighted by Gasteiger charge is -2.21.